The molecule has 1 unspecified atom stereocenters. The van der Waals surface area contributed by atoms with Gasteiger partial charge in [0.25, 0.3) is 5.91 Å². The first-order chi connectivity index (χ1) is 9.93. The van der Waals surface area contributed by atoms with E-state index < -0.39 is 0 Å². The van der Waals surface area contributed by atoms with Gasteiger partial charge in [-0.15, -0.1) is 0 Å². The predicted molar refractivity (Wildman–Crippen MR) is 84.7 cm³/mol. The Morgan fingerprint density at radius 1 is 1.48 bits per heavy atom. The number of amides is 1. The van der Waals surface area contributed by atoms with Crippen LogP contribution in [0.2, 0.25) is 10.0 Å². The Bertz CT molecular complexity index is 669. The second-order valence-electron chi connectivity index (χ2n) is 4.63. The molecule has 7 heteroatoms. The number of hydrogen-bond acceptors (Lipinski definition) is 3. The molecule has 0 radical (unpaired) electrons. The number of aryl methyl sites for hydroxylation is 1. The normalized spacial score (nSPS) is 12.2. The quantitative estimate of drug-likeness (QED) is 0.905. The zero-order valence-electron chi connectivity index (χ0n) is 11.7. The maximum atomic E-state index is 12.3. The number of rotatable bonds is 4. The van der Waals surface area contributed by atoms with Crippen molar-refractivity contribution in [2.75, 3.05) is 5.73 Å². The topological polar surface area (TPSA) is 72.9 Å². The van der Waals surface area contributed by atoms with Crippen LogP contribution >= 0.6 is 23.2 Å². The molecule has 0 saturated carbocycles. The van der Waals surface area contributed by atoms with Crippen molar-refractivity contribution >= 4 is 34.8 Å². The van der Waals surface area contributed by atoms with Crippen LogP contribution in [-0.2, 0) is 6.54 Å². The largest absolute Gasteiger partial charge is 0.396 e. The highest BCUT2D eigenvalue weighted by atomic mass is 35.5. The van der Waals surface area contributed by atoms with Gasteiger partial charge in [-0.1, -0.05) is 29.3 Å². The predicted octanol–water partition coefficient (Wildman–Crippen LogP) is 3.28. The average molecular weight is 327 g/mol. The number of nitrogens with zero attached hydrogens (tertiary/aromatic N) is 2. The molecule has 21 heavy (non-hydrogen) atoms. The molecule has 0 bridgehead atoms. The lowest BCUT2D eigenvalue weighted by Gasteiger charge is -2.16. The van der Waals surface area contributed by atoms with Gasteiger partial charge in [-0.2, -0.15) is 5.10 Å². The first-order valence-electron chi connectivity index (χ1n) is 6.51. The number of carbonyl (C=O) groups excluding carboxylic acids is 1. The first-order valence-corrected chi connectivity index (χ1v) is 7.26. The first kappa shape index (κ1) is 15.7. The minimum absolute atomic E-state index is 0.276. The Hall–Kier alpha value is -1.72. The van der Waals surface area contributed by atoms with Crippen LogP contribution in [0, 0.1) is 0 Å². The highest BCUT2D eigenvalue weighted by Crippen LogP contribution is 2.26. The minimum Gasteiger partial charge on any atom is -0.396 e. The smallest absolute Gasteiger partial charge is 0.272 e. The number of benzene rings is 1. The zero-order chi connectivity index (χ0) is 15.6. The third kappa shape index (κ3) is 3.31. The lowest BCUT2D eigenvalue weighted by Crippen LogP contribution is -2.29. The number of nitrogens with one attached hydrogen (secondary N) is 1. The summed E-state index contributed by atoms with van der Waals surface area (Å²) in [6.07, 6.45) is 1.47. The van der Waals surface area contributed by atoms with Crippen molar-refractivity contribution in [3.05, 3.63) is 45.7 Å². The van der Waals surface area contributed by atoms with E-state index in [2.05, 4.69) is 10.4 Å². The van der Waals surface area contributed by atoms with Crippen molar-refractivity contribution in [1.82, 2.24) is 15.1 Å². The summed E-state index contributed by atoms with van der Waals surface area (Å²) in [4.78, 5) is 12.3. The number of nitrogens with two attached hydrogens (primary N) is 1. The Labute approximate surface area is 133 Å². The molecule has 2 rings (SSSR count). The van der Waals surface area contributed by atoms with Gasteiger partial charge < -0.3 is 11.1 Å². The summed E-state index contributed by atoms with van der Waals surface area (Å²) >= 11 is 12.0. The molecule has 1 atom stereocenters. The van der Waals surface area contributed by atoms with Crippen molar-refractivity contribution in [2.45, 2.75) is 26.4 Å². The molecule has 1 aromatic heterocycles. The van der Waals surface area contributed by atoms with Crippen molar-refractivity contribution in [3.8, 4) is 0 Å². The zero-order valence-corrected chi connectivity index (χ0v) is 13.2. The fraction of sp³-hybridized carbons (Fsp3) is 0.286. The average Bonchev–Trinajstić information content (AvgIpc) is 2.79. The van der Waals surface area contributed by atoms with Crippen molar-refractivity contribution in [1.29, 1.82) is 0 Å². The van der Waals surface area contributed by atoms with Crippen LogP contribution in [-0.4, -0.2) is 15.7 Å². The summed E-state index contributed by atoms with van der Waals surface area (Å²) in [7, 11) is 0. The number of anilines is 1. The van der Waals surface area contributed by atoms with Crippen LogP contribution in [0.3, 0.4) is 0 Å². The second-order valence-corrected chi connectivity index (χ2v) is 5.47. The molecule has 0 aliphatic heterocycles. The van der Waals surface area contributed by atoms with Gasteiger partial charge in [0.2, 0.25) is 0 Å². The van der Waals surface area contributed by atoms with Gasteiger partial charge in [0, 0.05) is 16.6 Å². The number of aromatic nitrogens is 2. The van der Waals surface area contributed by atoms with Crippen molar-refractivity contribution < 1.29 is 4.79 Å². The highest BCUT2D eigenvalue weighted by Gasteiger charge is 2.19. The molecular formula is C14H16Cl2N4O. The lowest BCUT2D eigenvalue weighted by atomic mass is 10.1. The monoisotopic (exact) mass is 326 g/mol. The number of carbonyl (C=O) groups is 1. The Balaban J connectivity index is 2.21. The number of halogens is 2. The molecule has 1 amide bonds. The Kier molecular flexibility index (Phi) is 4.75. The summed E-state index contributed by atoms with van der Waals surface area (Å²) < 4.78 is 1.56. The summed E-state index contributed by atoms with van der Waals surface area (Å²) in [6.45, 7) is 4.30. The minimum atomic E-state index is -0.287. The fourth-order valence-corrected chi connectivity index (χ4v) is 2.66. The van der Waals surface area contributed by atoms with Gasteiger partial charge in [-0.05, 0) is 31.5 Å². The van der Waals surface area contributed by atoms with Crippen LogP contribution in [0.5, 0.6) is 0 Å². The van der Waals surface area contributed by atoms with Gasteiger partial charge >= 0.3 is 0 Å². The molecule has 112 valence electrons. The third-order valence-corrected chi connectivity index (χ3v) is 3.72. The van der Waals surface area contributed by atoms with Gasteiger partial charge in [0.05, 0.1) is 17.9 Å². The summed E-state index contributed by atoms with van der Waals surface area (Å²) in [5.74, 6) is -0.287. The van der Waals surface area contributed by atoms with Gasteiger partial charge in [-0.3, -0.25) is 9.48 Å². The molecule has 1 aromatic carbocycles. The van der Waals surface area contributed by atoms with E-state index in [1.54, 1.807) is 22.9 Å². The van der Waals surface area contributed by atoms with E-state index in [4.69, 9.17) is 28.9 Å². The van der Waals surface area contributed by atoms with Crippen molar-refractivity contribution in [3.63, 3.8) is 0 Å². The highest BCUT2D eigenvalue weighted by molar-refractivity contribution is 6.35. The standard InChI is InChI=1S/C14H16Cl2N4O/c1-3-20-13(12(17)7-18-20)14(21)19-8(2)10-5-4-9(15)6-11(10)16/h4-8H,3,17H2,1-2H3,(H,19,21). The summed E-state index contributed by atoms with van der Waals surface area (Å²) in [5.41, 5.74) is 7.29. The van der Waals surface area contributed by atoms with Crippen LogP contribution in [0.15, 0.2) is 24.4 Å². The summed E-state index contributed by atoms with van der Waals surface area (Å²) in [6, 6.07) is 4.89. The molecule has 1 heterocycles. The molecule has 0 aliphatic carbocycles. The van der Waals surface area contributed by atoms with Crippen LogP contribution < -0.4 is 11.1 Å². The lowest BCUT2D eigenvalue weighted by molar-refractivity contribution is 0.0930. The van der Waals surface area contributed by atoms with Crippen LogP contribution in [0.1, 0.15) is 35.9 Å². The van der Waals surface area contributed by atoms with E-state index in [1.807, 2.05) is 13.8 Å². The van der Waals surface area contributed by atoms with Crippen LogP contribution in [0.25, 0.3) is 0 Å². The van der Waals surface area contributed by atoms with Crippen molar-refractivity contribution in [2.24, 2.45) is 0 Å². The van der Waals surface area contributed by atoms with E-state index in [0.29, 0.717) is 28.0 Å². The van der Waals surface area contributed by atoms with E-state index in [9.17, 15) is 4.79 Å². The third-order valence-electron chi connectivity index (χ3n) is 3.16. The van der Waals surface area contributed by atoms with E-state index >= 15 is 0 Å². The summed E-state index contributed by atoms with van der Waals surface area (Å²) in [5, 5.41) is 7.98. The molecule has 3 N–H and O–H groups in total. The molecular weight excluding hydrogens is 311 g/mol. The molecule has 2 aromatic rings. The fourth-order valence-electron chi connectivity index (χ4n) is 2.08. The maximum Gasteiger partial charge on any atom is 0.272 e. The van der Waals surface area contributed by atoms with E-state index in [1.165, 1.54) is 6.20 Å². The number of hydrogen-bond donors (Lipinski definition) is 2. The van der Waals surface area contributed by atoms with Gasteiger partial charge in [0.1, 0.15) is 5.69 Å². The van der Waals surface area contributed by atoms with Gasteiger partial charge in [0.15, 0.2) is 0 Å². The molecule has 0 fully saturated rings. The van der Waals surface area contributed by atoms with Gasteiger partial charge in [-0.25, -0.2) is 0 Å². The molecule has 0 spiro atoms. The SMILES string of the molecule is CCn1ncc(N)c1C(=O)NC(C)c1ccc(Cl)cc1Cl. The number of nitrogen functional groups attached to an aromatic ring is 1. The molecule has 0 saturated heterocycles. The molecule has 0 aliphatic rings. The second kappa shape index (κ2) is 6.37. The maximum absolute atomic E-state index is 12.3. The van der Waals surface area contributed by atoms with Crippen LogP contribution in [0.4, 0.5) is 5.69 Å². The van der Waals surface area contributed by atoms with E-state index in [0.717, 1.165) is 5.56 Å². The Morgan fingerprint density at radius 3 is 2.81 bits per heavy atom. The Morgan fingerprint density at radius 2 is 2.19 bits per heavy atom. The van der Waals surface area contributed by atoms with E-state index in [-0.39, 0.29) is 11.9 Å². The molecule has 5 nitrogen and oxygen atoms in total.